The fraction of sp³-hybridized carbons (Fsp3) is 0.154. The van der Waals surface area contributed by atoms with Crippen LogP contribution in [0.4, 0.5) is 5.88 Å². The third-order valence-corrected chi connectivity index (χ3v) is 3.87. The molecule has 2 heterocycles. The van der Waals surface area contributed by atoms with E-state index in [1.165, 1.54) is 23.5 Å². The number of guanidine groups is 1. The van der Waals surface area contributed by atoms with E-state index in [4.69, 9.17) is 15.9 Å². The van der Waals surface area contributed by atoms with E-state index in [-0.39, 0.29) is 11.8 Å². The largest absolute Gasteiger partial charge is 0.433 e. The monoisotopic (exact) mass is 334 g/mol. The van der Waals surface area contributed by atoms with E-state index >= 15 is 0 Å². The zero-order chi connectivity index (χ0) is 17.0. The van der Waals surface area contributed by atoms with Crippen molar-refractivity contribution >= 4 is 41.0 Å². The molecule has 0 aliphatic rings. The Morgan fingerprint density at radius 1 is 1.39 bits per heavy atom. The Hall–Kier alpha value is -3.01. The van der Waals surface area contributed by atoms with Crippen LogP contribution in [0.25, 0.3) is 12.2 Å². The summed E-state index contributed by atoms with van der Waals surface area (Å²) in [6.07, 6.45) is 3.31. The molecule has 120 valence electrons. The second-order valence-electron chi connectivity index (χ2n) is 4.44. The number of nitro groups is 1. The van der Waals surface area contributed by atoms with Gasteiger partial charge in [-0.3, -0.25) is 10.1 Å². The van der Waals surface area contributed by atoms with Gasteiger partial charge in [0, 0.05) is 0 Å². The van der Waals surface area contributed by atoms with Gasteiger partial charge in [-0.25, -0.2) is 4.98 Å². The maximum absolute atomic E-state index is 10.6. The minimum Gasteiger partial charge on any atom is -0.401 e. The summed E-state index contributed by atoms with van der Waals surface area (Å²) in [5.74, 6) is -0.0519. The van der Waals surface area contributed by atoms with Gasteiger partial charge < -0.3 is 15.9 Å². The van der Waals surface area contributed by atoms with Crippen molar-refractivity contribution in [3.8, 4) is 0 Å². The molecule has 9 nitrogen and oxygen atoms in total. The van der Waals surface area contributed by atoms with Gasteiger partial charge in [0.25, 0.3) is 0 Å². The van der Waals surface area contributed by atoms with Crippen LogP contribution in [-0.4, -0.2) is 21.6 Å². The topological polar surface area (TPSA) is 146 Å². The van der Waals surface area contributed by atoms with Crippen LogP contribution >= 0.6 is 11.3 Å². The highest BCUT2D eigenvalue weighted by Crippen LogP contribution is 2.22. The highest BCUT2D eigenvalue weighted by atomic mass is 32.1. The summed E-state index contributed by atoms with van der Waals surface area (Å²) in [7, 11) is 0. The fourth-order valence-electron chi connectivity index (χ4n) is 1.69. The number of nitrogens with zero attached hydrogens (tertiary/aromatic N) is 4. The second-order valence-corrected chi connectivity index (χ2v) is 5.47. The predicted molar refractivity (Wildman–Crippen MR) is 89.2 cm³/mol. The molecule has 0 spiro atoms. The molecule has 0 amide bonds. The van der Waals surface area contributed by atoms with Gasteiger partial charge in [-0.1, -0.05) is 0 Å². The highest BCUT2D eigenvalue weighted by molar-refractivity contribution is 7.14. The van der Waals surface area contributed by atoms with Gasteiger partial charge in [0.2, 0.25) is 5.96 Å². The number of nitrogens with two attached hydrogens (primary N) is 2. The lowest BCUT2D eigenvalue weighted by atomic mass is 10.3. The number of aryl methyl sites for hydroxylation is 1. The SMILES string of the molecule is C/C(=N/N=C(N)N)c1sc(/C=C/c2ccc([N+](=O)[O-])o2)nc1C. The Kier molecular flexibility index (Phi) is 4.86. The zero-order valence-electron chi connectivity index (χ0n) is 12.4. The van der Waals surface area contributed by atoms with E-state index in [0.29, 0.717) is 16.5 Å². The van der Waals surface area contributed by atoms with Crippen LogP contribution in [0.15, 0.2) is 26.8 Å². The van der Waals surface area contributed by atoms with Crippen LogP contribution in [0.5, 0.6) is 0 Å². The molecule has 0 unspecified atom stereocenters. The minimum absolute atomic E-state index is 0.119. The predicted octanol–water partition coefficient (Wildman–Crippen LogP) is 2.12. The molecule has 0 fully saturated rings. The first kappa shape index (κ1) is 16.4. The average Bonchev–Trinajstić information content (AvgIpc) is 3.09. The molecule has 0 aliphatic carbocycles. The molecule has 2 aromatic rings. The maximum atomic E-state index is 10.6. The Morgan fingerprint density at radius 3 is 2.74 bits per heavy atom. The van der Waals surface area contributed by atoms with Gasteiger partial charge in [0.1, 0.15) is 15.7 Å². The average molecular weight is 334 g/mol. The van der Waals surface area contributed by atoms with Crippen molar-refractivity contribution in [3.05, 3.63) is 43.6 Å². The lowest BCUT2D eigenvalue weighted by Gasteiger charge is -1.93. The van der Waals surface area contributed by atoms with Crippen molar-refractivity contribution in [2.24, 2.45) is 21.7 Å². The molecule has 0 atom stereocenters. The smallest absolute Gasteiger partial charge is 0.401 e. The van der Waals surface area contributed by atoms with Crippen molar-refractivity contribution in [3.63, 3.8) is 0 Å². The third-order valence-electron chi connectivity index (χ3n) is 2.64. The van der Waals surface area contributed by atoms with Gasteiger partial charge in [-0.15, -0.1) is 16.4 Å². The van der Waals surface area contributed by atoms with Gasteiger partial charge >= 0.3 is 5.88 Å². The van der Waals surface area contributed by atoms with E-state index in [1.54, 1.807) is 19.1 Å². The molecule has 0 aromatic carbocycles. The molecule has 2 aromatic heterocycles. The minimum atomic E-state index is -0.591. The first-order chi connectivity index (χ1) is 10.9. The summed E-state index contributed by atoms with van der Waals surface area (Å²) in [5.41, 5.74) is 11.9. The Labute approximate surface area is 135 Å². The van der Waals surface area contributed by atoms with Crippen LogP contribution in [0.2, 0.25) is 0 Å². The lowest BCUT2D eigenvalue weighted by Crippen LogP contribution is -2.22. The van der Waals surface area contributed by atoms with Crippen molar-refractivity contribution in [2.75, 3.05) is 0 Å². The summed E-state index contributed by atoms with van der Waals surface area (Å²) in [6.45, 7) is 3.62. The van der Waals surface area contributed by atoms with Crippen molar-refractivity contribution in [1.29, 1.82) is 0 Å². The molecule has 2 rings (SSSR count). The normalized spacial score (nSPS) is 11.8. The van der Waals surface area contributed by atoms with Crippen LogP contribution in [0, 0.1) is 17.0 Å². The number of thiazole rings is 1. The Balaban J connectivity index is 2.20. The van der Waals surface area contributed by atoms with Gasteiger partial charge in [-0.05, 0) is 32.1 Å². The van der Waals surface area contributed by atoms with Gasteiger partial charge in [0.05, 0.1) is 22.3 Å². The third kappa shape index (κ3) is 4.23. The number of hydrogen-bond acceptors (Lipinski definition) is 7. The summed E-state index contributed by atoms with van der Waals surface area (Å²) in [5, 5.41) is 18.8. The summed E-state index contributed by atoms with van der Waals surface area (Å²) in [6, 6.07) is 2.81. The lowest BCUT2D eigenvalue weighted by molar-refractivity contribution is -0.402. The number of hydrogen-bond donors (Lipinski definition) is 2. The Morgan fingerprint density at radius 2 is 2.13 bits per heavy atom. The van der Waals surface area contributed by atoms with E-state index in [1.807, 2.05) is 6.92 Å². The summed E-state index contributed by atoms with van der Waals surface area (Å²) < 4.78 is 5.04. The van der Waals surface area contributed by atoms with Gasteiger partial charge in [-0.2, -0.15) is 5.10 Å². The molecule has 0 saturated heterocycles. The molecule has 0 bridgehead atoms. The number of aromatic nitrogens is 1. The Bertz CT molecular complexity index is 814. The van der Waals surface area contributed by atoms with Crippen molar-refractivity contribution in [1.82, 2.24) is 4.98 Å². The first-order valence-corrected chi connectivity index (χ1v) is 7.21. The van der Waals surface area contributed by atoms with Crippen molar-refractivity contribution < 1.29 is 9.34 Å². The number of rotatable bonds is 5. The van der Waals surface area contributed by atoms with Crippen LogP contribution < -0.4 is 11.5 Å². The number of furan rings is 1. The molecule has 23 heavy (non-hydrogen) atoms. The van der Waals surface area contributed by atoms with E-state index in [0.717, 1.165) is 10.6 Å². The maximum Gasteiger partial charge on any atom is 0.433 e. The molecule has 4 N–H and O–H groups in total. The highest BCUT2D eigenvalue weighted by Gasteiger charge is 2.11. The molecule has 0 radical (unpaired) electrons. The standard InChI is InChI=1S/C13H14N6O3S/c1-7-12(8(2)17-18-13(14)15)23-10(16-7)5-3-9-4-6-11(22-9)19(20)21/h3-6H,1-2H3,(H4,14,15,18)/b5-3+,17-8-. The van der Waals surface area contributed by atoms with E-state index in [2.05, 4.69) is 15.2 Å². The quantitative estimate of drug-likeness (QED) is 0.370. The molecular formula is C13H14N6O3S. The molecule has 0 aliphatic heterocycles. The van der Waals surface area contributed by atoms with Crippen LogP contribution in [0.3, 0.4) is 0 Å². The molecule has 0 saturated carbocycles. The fourth-order valence-corrected chi connectivity index (χ4v) is 2.60. The summed E-state index contributed by atoms with van der Waals surface area (Å²) >= 11 is 1.40. The second kappa shape index (κ2) is 6.83. The summed E-state index contributed by atoms with van der Waals surface area (Å²) in [4.78, 5) is 15.2. The van der Waals surface area contributed by atoms with Crippen molar-refractivity contribution in [2.45, 2.75) is 13.8 Å². The molecule has 10 heteroatoms. The van der Waals surface area contributed by atoms with E-state index in [9.17, 15) is 10.1 Å². The van der Waals surface area contributed by atoms with E-state index < -0.39 is 4.92 Å². The first-order valence-electron chi connectivity index (χ1n) is 6.40. The zero-order valence-corrected chi connectivity index (χ0v) is 13.2. The van der Waals surface area contributed by atoms with Gasteiger partial charge in [0.15, 0.2) is 0 Å². The molecular weight excluding hydrogens is 320 g/mol. The van der Waals surface area contributed by atoms with Crippen LogP contribution in [0.1, 0.15) is 28.3 Å². The van der Waals surface area contributed by atoms with Crippen LogP contribution in [-0.2, 0) is 0 Å².